The topological polar surface area (TPSA) is 77.3 Å². The van der Waals surface area contributed by atoms with Crippen LogP contribution in [-0.2, 0) is 4.79 Å². The van der Waals surface area contributed by atoms with E-state index in [0.717, 1.165) is 22.5 Å². The van der Waals surface area contributed by atoms with E-state index < -0.39 is 0 Å². The molecule has 2 aromatic carbocycles. The summed E-state index contributed by atoms with van der Waals surface area (Å²) in [5.74, 6) is 0.117. The minimum Gasteiger partial charge on any atom is -0.484 e. The Kier molecular flexibility index (Phi) is 6.93. The van der Waals surface area contributed by atoms with Gasteiger partial charge in [0, 0.05) is 49.4 Å². The molecule has 2 aromatic heterocycles. The highest BCUT2D eigenvalue weighted by atomic mass is 16.5. The van der Waals surface area contributed by atoms with Crippen LogP contribution in [0.25, 0.3) is 23.0 Å². The third kappa shape index (κ3) is 5.45. The fourth-order valence-electron chi connectivity index (χ4n) is 3.22. The van der Waals surface area contributed by atoms with Crippen molar-refractivity contribution in [2.45, 2.75) is 0 Å². The number of amides is 1. The Balaban J connectivity index is 1.58. The molecule has 34 heavy (non-hydrogen) atoms. The maximum atomic E-state index is 12.9. The molecule has 7 heteroatoms. The van der Waals surface area contributed by atoms with Crippen LogP contribution in [0.2, 0.25) is 0 Å². The van der Waals surface area contributed by atoms with E-state index in [2.05, 4.69) is 4.98 Å². The van der Waals surface area contributed by atoms with Crippen LogP contribution >= 0.6 is 0 Å². The number of ketones is 1. The van der Waals surface area contributed by atoms with E-state index in [-0.39, 0.29) is 18.3 Å². The van der Waals surface area contributed by atoms with Crippen molar-refractivity contribution in [2.24, 2.45) is 0 Å². The number of hydrogen-bond acceptors (Lipinski definition) is 5. The average Bonchev–Trinajstić information content (AvgIpc) is 3.31. The van der Waals surface area contributed by atoms with Crippen LogP contribution in [0.15, 0.2) is 91.4 Å². The SMILES string of the molecule is CN(C)C(=O)COc1cccc(C(=O)C=Cc2cn(-c3ccccc3)nc2-c2cccnc2)c1. The molecular formula is C27H24N4O3. The Morgan fingerprint density at radius 3 is 2.59 bits per heavy atom. The molecule has 0 saturated heterocycles. The molecule has 2 heterocycles. The molecule has 4 aromatic rings. The standard InChI is InChI=1S/C27H24N4O3/c1-30(2)26(33)19-34-24-12-6-8-20(16-24)25(32)14-13-22-18-31(23-10-4-3-5-11-23)29-27(22)21-9-7-15-28-17-21/h3-18H,19H2,1-2H3. The van der Waals surface area contributed by atoms with Crippen LogP contribution in [0.1, 0.15) is 15.9 Å². The van der Waals surface area contributed by atoms with E-state index in [4.69, 9.17) is 9.84 Å². The molecule has 0 unspecified atom stereocenters. The van der Waals surface area contributed by atoms with E-state index in [1.165, 1.54) is 11.0 Å². The number of para-hydroxylation sites is 1. The van der Waals surface area contributed by atoms with Gasteiger partial charge in [0.2, 0.25) is 0 Å². The average molecular weight is 453 g/mol. The van der Waals surface area contributed by atoms with Gasteiger partial charge in [-0.2, -0.15) is 5.10 Å². The van der Waals surface area contributed by atoms with Gasteiger partial charge < -0.3 is 9.64 Å². The van der Waals surface area contributed by atoms with Crippen LogP contribution in [0, 0.1) is 0 Å². The number of ether oxygens (including phenoxy) is 1. The first-order valence-electron chi connectivity index (χ1n) is 10.7. The Labute approximate surface area is 197 Å². The first kappa shape index (κ1) is 22.7. The number of likely N-dealkylation sites (N-methyl/N-ethyl adjacent to an activating group) is 1. The number of carbonyl (C=O) groups excluding carboxylic acids is 2. The second kappa shape index (κ2) is 10.4. The molecule has 0 N–H and O–H groups in total. The molecule has 0 aliphatic carbocycles. The number of benzene rings is 2. The Hall–Kier alpha value is -4.52. The van der Waals surface area contributed by atoms with Crippen LogP contribution in [-0.4, -0.2) is 52.1 Å². The smallest absolute Gasteiger partial charge is 0.259 e. The third-order valence-electron chi connectivity index (χ3n) is 5.09. The fourth-order valence-corrected chi connectivity index (χ4v) is 3.22. The zero-order valence-corrected chi connectivity index (χ0v) is 19.0. The lowest BCUT2D eigenvalue weighted by Crippen LogP contribution is -2.27. The molecule has 0 fully saturated rings. The van der Waals surface area contributed by atoms with Crippen molar-refractivity contribution < 1.29 is 14.3 Å². The van der Waals surface area contributed by atoms with Gasteiger partial charge in [0.1, 0.15) is 11.4 Å². The van der Waals surface area contributed by atoms with Gasteiger partial charge in [-0.25, -0.2) is 4.68 Å². The fraction of sp³-hybridized carbons (Fsp3) is 0.111. The van der Waals surface area contributed by atoms with Crippen LogP contribution in [0.5, 0.6) is 5.75 Å². The molecule has 0 aliphatic rings. The van der Waals surface area contributed by atoms with Crippen LogP contribution in [0.4, 0.5) is 0 Å². The molecule has 7 nitrogen and oxygen atoms in total. The number of carbonyl (C=O) groups is 2. The zero-order valence-electron chi connectivity index (χ0n) is 19.0. The molecule has 4 rings (SSSR count). The molecule has 0 radical (unpaired) electrons. The van der Waals surface area contributed by atoms with Gasteiger partial charge in [-0.15, -0.1) is 0 Å². The quantitative estimate of drug-likeness (QED) is 0.294. The molecule has 0 spiro atoms. The lowest BCUT2D eigenvalue weighted by atomic mass is 10.1. The molecule has 0 saturated carbocycles. The summed E-state index contributed by atoms with van der Waals surface area (Å²) in [6, 6.07) is 20.3. The second-order valence-electron chi connectivity index (χ2n) is 7.76. The van der Waals surface area contributed by atoms with Gasteiger partial charge in [0.25, 0.3) is 5.91 Å². The summed E-state index contributed by atoms with van der Waals surface area (Å²) in [5.41, 5.74) is 3.74. The van der Waals surface area contributed by atoms with E-state index in [1.54, 1.807) is 61.5 Å². The van der Waals surface area contributed by atoms with Crippen molar-refractivity contribution >= 4 is 17.8 Å². The van der Waals surface area contributed by atoms with Crippen molar-refractivity contribution in [3.63, 3.8) is 0 Å². The van der Waals surface area contributed by atoms with E-state index in [1.807, 2.05) is 48.7 Å². The van der Waals surface area contributed by atoms with Crippen molar-refractivity contribution in [1.82, 2.24) is 19.7 Å². The van der Waals surface area contributed by atoms with Gasteiger partial charge in [-0.05, 0) is 48.6 Å². The molecule has 170 valence electrons. The highest BCUT2D eigenvalue weighted by Gasteiger charge is 2.12. The number of pyridine rings is 1. The highest BCUT2D eigenvalue weighted by Crippen LogP contribution is 2.24. The monoisotopic (exact) mass is 452 g/mol. The second-order valence-corrected chi connectivity index (χ2v) is 7.76. The largest absolute Gasteiger partial charge is 0.484 e. The summed E-state index contributed by atoms with van der Waals surface area (Å²) in [5, 5.41) is 4.73. The molecular weight excluding hydrogens is 428 g/mol. The van der Waals surface area contributed by atoms with Gasteiger partial charge in [0.15, 0.2) is 12.4 Å². The first-order valence-corrected chi connectivity index (χ1v) is 10.7. The normalized spacial score (nSPS) is 10.9. The molecule has 0 bridgehead atoms. The Bertz CT molecular complexity index is 1310. The minimum absolute atomic E-state index is 0.0897. The van der Waals surface area contributed by atoms with Crippen molar-refractivity contribution in [3.8, 4) is 22.7 Å². The van der Waals surface area contributed by atoms with Crippen LogP contribution in [0.3, 0.4) is 0 Å². The summed E-state index contributed by atoms with van der Waals surface area (Å²) in [4.78, 5) is 30.3. The lowest BCUT2D eigenvalue weighted by molar-refractivity contribution is -0.130. The van der Waals surface area contributed by atoms with Gasteiger partial charge in [-0.1, -0.05) is 30.3 Å². The maximum absolute atomic E-state index is 12.9. The third-order valence-corrected chi connectivity index (χ3v) is 5.09. The number of aromatic nitrogens is 3. The van der Waals surface area contributed by atoms with E-state index in [0.29, 0.717) is 11.3 Å². The van der Waals surface area contributed by atoms with Crippen LogP contribution < -0.4 is 4.74 Å². The zero-order chi connectivity index (χ0) is 23.9. The molecule has 0 aliphatic heterocycles. The van der Waals surface area contributed by atoms with Crippen molar-refractivity contribution in [3.05, 3.63) is 103 Å². The van der Waals surface area contributed by atoms with Crippen molar-refractivity contribution in [1.29, 1.82) is 0 Å². The Morgan fingerprint density at radius 1 is 1.03 bits per heavy atom. The Morgan fingerprint density at radius 2 is 1.85 bits per heavy atom. The maximum Gasteiger partial charge on any atom is 0.259 e. The summed E-state index contributed by atoms with van der Waals surface area (Å²) in [6.07, 6.45) is 8.59. The highest BCUT2D eigenvalue weighted by molar-refractivity contribution is 6.07. The number of rotatable bonds is 8. The van der Waals surface area contributed by atoms with Gasteiger partial charge in [0.05, 0.1) is 5.69 Å². The first-order chi connectivity index (χ1) is 16.5. The number of allylic oxidation sites excluding steroid dienone is 1. The van der Waals surface area contributed by atoms with E-state index in [9.17, 15) is 9.59 Å². The minimum atomic E-state index is -0.186. The summed E-state index contributed by atoms with van der Waals surface area (Å²) in [7, 11) is 3.33. The summed E-state index contributed by atoms with van der Waals surface area (Å²) in [6.45, 7) is -0.0897. The van der Waals surface area contributed by atoms with Gasteiger partial charge in [-0.3, -0.25) is 14.6 Å². The predicted octanol–water partition coefficient (Wildman–Crippen LogP) is 4.30. The summed E-state index contributed by atoms with van der Waals surface area (Å²) >= 11 is 0. The molecule has 0 atom stereocenters. The van der Waals surface area contributed by atoms with Gasteiger partial charge >= 0.3 is 0 Å². The lowest BCUT2D eigenvalue weighted by Gasteiger charge is -2.11. The number of hydrogen-bond donors (Lipinski definition) is 0. The number of nitrogens with zero attached hydrogens (tertiary/aromatic N) is 4. The molecule has 1 amide bonds. The van der Waals surface area contributed by atoms with Crippen molar-refractivity contribution in [2.75, 3.05) is 20.7 Å². The van der Waals surface area contributed by atoms with E-state index >= 15 is 0 Å². The summed E-state index contributed by atoms with van der Waals surface area (Å²) < 4.78 is 7.30. The predicted molar refractivity (Wildman–Crippen MR) is 131 cm³/mol.